The second-order valence-corrected chi connectivity index (χ2v) is 5.25. The Balaban J connectivity index is 1.83. The molecule has 0 amide bonds. The van der Waals surface area contributed by atoms with E-state index in [1.54, 1.807) is 4.57 Å². The Kier molecular flexibility index (Phi) is 4.73. The van der Waals surface area contributed by atoms with Gasteiger partial charge in [-0.3, -0.25) is 0 Å². The summed E-state index contributed by atoms with van der Waals surface area (Å²) in [7, 11) is 0. The fourth-order valence-electron chi connectivity index (χ4n) is 2.60. The van der Waals surface area contributed by atoms with E-state index >= 15 is 0 Å². The lowest BCUT2D eigenvalue weighted by Crippen LogP contribution is -2.12. The van der Waals surface area contributed by atoms with Crippen LogP contribution in [-0.2, 0) is 13.2 Å². The first-order valence-corrected chi connectivity index (χ1v) is 7.36. The van der Waals surface area contributed by atoms with E-state index in [2.05, 4.69) is 9.72 Å². The van der Waals surface area contributed by atoms with Crippen LogP contribution in [0.3, 0.4) is 0 Å². The second kappa shape index (κ2) is 6.94. The van der Waals surface area contributed by atoms with Gasteiger partial charge in [0, 0.05) is 0 Å². The number of aliphatic hydroxyl groups is 2. The van der Waals surface area contributed by atoms with E-state index in [0.717, 1.165) is 11.0 Å². The van der Waals surface area contributed by atoms with Gasteiger partial charge in [-0.05, 0) is 29.8 Å². The summed E-state index contributed by atoms with van der Waals surface area (Å²) in [6, 6.07) is 13.2. The third kappa shape index (κ3) is 3.37. The van der Waals surface area contributed by atoms with E-state index in [4.69, 9.17) is 0 Å². The van der Waals surface area contributed by atoms with Crippen LogP contribution in [0.2, 0.25) is 0 Å². The van der Waals surface area contributed by atoms with Gasteiger partial charge in [-0.15, -0.1) is 0 Å². The maximum absolute atomic E-state index is 12.2. The number of nitrogens with zero attached hydrogens (tertiary/aromatic N) is 2. The van der Waals surface area contributed by atoms with Crippen LogP contribution in [0.25, 0.3) is 11.0 Å². The summed E-state index contributed by atoms with van der Waals surface area (Å²) in [5.74, 6) is 0.484. The van der Waals surface area contributed by atoms with Gasteiger partial charge in [-0.25, -0.2) is 4.98 Å². The zero-order valence-corrected chi connectivity index (χ0v) is 12.6. The average Bonchev–Trinajstić information content (AvgIpc) is 2.93. The molecule has 1 atom stereocenters. The van der Waals surface area contributed by atoms with Gasteiger partial charge >= 0.3 is 6.61 Å². The highest BCUT2D eigenvalue weighted by Gasteiger charge is 2.15. The van der Waals surface area contributed by atoms with Crippen LogP contribution in [0.4, 0.5) is 8.78 Å². The molecule has 0 aliphatic carbocycles. The van der Waals surface area contributed by atoms with E-state index in [-0.39, 0.29) is 18.9 Å². The van der Waals surface area contributed by atoms with E-state index < -0.39 is 12.7 Å². The highest BCUT2D eigenvalue weighted by molar-refractivity contribution is 5.75. The van der Waals surface area contributed by atoms with Crippen molar-refractivity contribution in [1.82, 2.24) is 9.55 Å². The fourth-order valence-corrected chi connectivity index (χ4v) is 2.60. The smallest absolute Gasteiger partial charge is 0.387 e. The molecular formula is C17H16F2N2O3. The molecule has 0 spiro atoms. The van der Waals surface area contributed by atoms with Crippen LogP contribution in [0, 0.1) is 0 Å². The minimum absolute atomic E-state index is 0.0325. The third-order valence-electron chi connectivity index (χ3n) is 3.72. The first-order valence-electron chi connectivity index (χ1n) is 7.36. The number of ether oxygens (including phenoxy) is 1. The molecule has 3 aromatic rings. The largest absolute Gasteiger partial charge is 0.435 e. The fraction of sp³-hybridized carbons (Fsp3) is 0.235. The van der Waals surface area contributed by atoms with Crippen LogP contribution >= 0.6 is 0 Å². The van der Waals surface area contributed by atoms with Crippen LogP contribution in [-0.4, -0.2) is 26.4 Å². The van der Waals surface area contributed by atoms with Gasteiger partial charge in [0.2, 0.25) is 0 Å². The van der Waals surface area contributed by atoms with Gasteiger partial charge < -0.3 is 19.5 Å². The van der Waals surface area contributed by atoms with Crippen molar-refractivity contribution in [2.75, 3.05) is 0 Å². The normalized spacial score (nSPS) is 12.7. The maximum Gasteiger partial charge on any atom is 0.387 e. The maximum atomic E-state index is 12.2. The Morgan fingerprint density at radius 3 is 2.46 bits per heavy atom. The number of para-hydroxylation sites is 2. The van der Waals surface area contributed by atoms with E-state index in [9.17, 15) is 19.0 Å². The summed E-state index contributed by atoms with van der Waals surface area (Å²) < 4.78 is 30.3. The van der Waals surface area contributed by atoms with Crippen molar-refractivity contribution in [1.29, 1.82) is 0 Å². The van der Waals surface area contributed by atoms with Crippen molar-refractivity contribution in [2.24, 2.45) is 0 Å². The van der Waals surface area contributed by atoms with Crippen LogP contribution in [0.1, 0.15) is 17.5 Å². The molecule has 2 aromatic carbocycles. The second-order valence-electron chi connectivity index (χ2n) is 5.25. The summed E-state index contributed by atoms with van der Waals surface area (Å²) in [5, 5.41) is 19.9. The van der Waals surface area contributed by atoms with Crippen molar-refractivity contribution in [3.63, 3.8) is 0 Å². The number of alkyl halides is 2. The number of aromatic nitrogens is 2. The van der Waals surface area contributed by atoms with Crippen molar-refractivity contribution in [3.8, 4) is 5.75 Å². The first-order chi connectivity index (χ1) is 11.6. The molecule has 3 rings (SSSR count). The average molecular weight is 334 g/mol. The molecule has 0 bridgehead atoms. The molecule has 0 radical (unpaired) electrons. The Hall–Kier alpha value is -2.51. The number of rotatable bonds is 6. The summed E-state index contributed by atoms with van der Waals surface area (Å²) in [5.41, 5.74) is 2.09. The summed E-state index contributed by atoms with van der Waals surface area (Å²) in [6.07, 6.45) is -0.881. The molecule has 0 saturated heterocycles. The van der Waals surface area contributed by atoms with Gasteiger partial charge in [-0.1, -0.05) is 24.3 Å². The molecule has 7 heteroatoms. The minimum Gasteiger partial charge on any atom is -0.435 e. The molecule has 0 saturated carbocycles. The molecule has 24 heavy (non-hydrogen) atoms. The van der Waals surface area contributed by atoms with Crippen molar-refractivity contribution < 1.29 is 23.7 Å². The van der Waals surface area contributed by atoms with E-state index in [0.29, 0.717) is 11.4 Å². The van der Waals surface area contributed by atoms with Crippen molar-refractivity contribution in [3.05, 3.63) is 59.9 Å². The Bertz CT molecular complexity index is 818. The SMILES string of the molecule is OCc1nc2ccccc2n1C[C@@H](O)c1ccc(OC(F)F)cc1. The topological polar surface area (TPSA) is 67.5 Å². The van der Waals surface area contributed by atoms with Gasteiger partial charge in [0.15, 0.2) is 0 Å². The Morgan fingerprint density at radius 2 is 1.79 bits per heavy atom. The molecular weight excluding hydrogens is 318 g/mol. The van der Waals surface area contributed by atoms with Crippen LogP contribution in [0.5, 0.6) is 5.75 Å². The van der Waals surface area contributed by atoms with Crippen LogP contribution < -0.4 is 4.74 Å². The molecule has 0 aliphatic rings. The molecule has 0 unspecified atom stereocenters. The lowest BCUT2D eigenvalue weighted by atomic mass is 10.1. The van der Waals surface area contributed by atoms with Gasteiger partial charge in [0.05, 0.1) is 23.7 Å². The molecule has 1 heterocycles. The number of hydrogen-bond donors (Lipinski definition) is 2. The predicted molar refractivity (Wildman–Crippen MR) is 83.7 cm³/mol. The number of benzene rings is 2. The minimum atomic E-state index is -2.88. The number of imidazole rings is 1. The zero-order valence-electron chi connectivity index (χ0n) is 12.6. The molecule has 1 aromatic heterocycles. The monoisotopic (exact) mass is 334 g/mol. The lowest BCUT2D eigenvalue weighted by Gasteiger charge is -2.15. The van der Waals surface area contributed by atoms with Gasteiger partial charge in [0.1, 0.15) is 18.2 Å². The lowest BCUT2D eigenvalue weighted by molar-refractivity contribution is -0.0498. The highest BCUT2D eigenvalue weighted by atomic mass is 19.3. The third-order valence-corrected chi connectivity index (χ3v) is 3.72. The summed E-state index contributed by atoms with van der Waals surface area (Å²) in [4.78, 5) is 4.32. The van der Waals surface area contributed by atoms with Crippen molar-refractivity contribution in [2.45, 2.75) is 25.9 Å². The molecule has 5 nitrogen and oxygen atoms in total. The van der Waals surface area contributed by atoms with E-state index in [1.807, 2.05) is 24.3 Å². The molecule has 0 aliphatic heterocycles. The number of aliphatic hydroxyl groups excluding tert-OH is 2. The highest BCUT2D eigenvalue weighted by Crippen LogP contribution is 2.23. The molecule has 0 fully saturated rings. The predicted octanol–water partition coefficient (Wildman–Crippen LogP) is 2.86. The molecule has 2 N–H and O–H groups in total. The Labute approximate surface area is 136 Å². The Morgan fingerprint density at radius 1 is 1.08 bits per heavy atom. The van der Waals surface area contributed by atoms with Crippen LogP contribution in [0.15, 0.2) is 48.5 Å². The van der Waals surface area contributed by atoms with E-state index in [1.165, 1.54) is 24.3 Å². The zero-order chi connectivity index (χ0) is 17.1. The molecule has 126 valence electrons. The number of hydrogen-bond acceptors (Lipinski definition) is 4. The van der Waals surface area contributed by atoms with Gasteiger partial charge in [-0.2, -0.15) is 8.78 Å². The number of halogens is 2. The first kappa shape index (κ1) is 16.4. The standard InChI is InChI=1S/C17H16F2N2O3/c18-17(19)24-12-7-5-11(6-8-12)15(23)9-21-14-4-2-1-3-13(14)20-16(21)10-22/h1-8,15,17,22-23H,9-10H2/t15-/m1/s1. The van der Waals surface area contributed by atoms with Gasteiger partial charge in [0.25, 0.3) is 0 Å². The van der Waals surface area contributed by atoms with Crippen molar-refractivity contribution >= 4 is 11.0 Å². The number of fused-ring (bicyclic) bond motifs is 1. The summed E-state index contributed by atoms with van der Waals surface area (Å²) >= 11 is 0. The quantitative estimate of drug-likeness (QED) is 0.727. The summed E-state index contributed by atoms with van der Waals surface area (Å²) in [6.45, 7) is -2.95.